The molecule has 0 spiro atoms. The summed E-state index contributed by atoms with van der Waals surface area (Å²) in [4.78, 5) is 17.8. The predicted molar refractivity (Wildman–Crippen MR) is 127 cm³/mol. The van der Waals surface area contributed by atoms with Crippen molar-refractivity contribution < 1.29 is 13.9 Å². The van der Waals surface area contributed by atoms with Crippen molar-refractivity contribution in [1.29, 1.82) is 0 Å². The van der Waals surface area contributed by atoms with Crippen molar-refractivity contribution in [3.05, 3.63) is 54.3 Å². The van der Waals surface area contributed by atoms with Gasteiger partial charge in [0.1, 0.15) is 5.82 Å². The molecule has 7 rings (SSSR count). The van der Waals surface area contributed by atoms with Gasteiger partial charge in [-0.1, -0.05) is 12.1 Å². The average Bonchev–Trinajstić information content (AvgIpc) is 3.23. The third kappa shape index (κ3) is 3.67. The zero-order chi connectivity index (χ0) is 23.3. The predicted octanol–water partition coefficient (Wildman–Crippen LogP) is 5.63. The van der Waals surface area contributed by atoms with E-state index in [9.17, 15) is 9.18 Å². The second kappa shape index (κ2) is 8.22. The lowest BCUT2D eigenvalue weighted by Crippen LogP contribution is -2.51. The van der Waals surface area contributed by atoms with Crippen LogP contribution in [0.25, 0.3) is 17.1 Å². The molecule has 1 amide bonds. The van der Waals surface area contributed by atoms with Crippen LogP contribution in [0.3, 0.4) is 0 Å². The fraction of sp³-hybridized carbons (Fsp3) is 0.444. The molecule has 6 nitrogen and oxygen atoms in total. The lowest BCUT2D eigenvalue weighted by molar-refractivity contribution is -0.140. The first kappa shape index (κ1) is 21.3. The fourth-order valence-electron chi connectivity index (χ4n) is 6.82. The number of ether oxygens (including phenoxy) is 1. The molecule has 0 aliphatic heterocycles. The van der Waals surface area contributed by atoms with Gasteiger partial charge in [0, 0.05) is 5.69 Å². The normalized spacial score (nSPS) is 27.1. The largest absolute Gasteiger partial charge is 0.463 e. The number of anilines is 1. The number of carbonyl (C=O) groups is 1. The molecule has 4 fully saturated rings. The molecule has 4 aliphatic rings. The summed E-state index contributed by atoms with van der Waals surface area (Å²) in [5, 5.41) is 7.62. The summed E-state index contributed by atoms with van der Waals surface area (Å²) < 4.78 is 21.6. The van der Waals surface area contributed by atoms with Crippen molar-refractivity contribution in [2.75, 3.05) is 11.9 Å². The fourth-order valence-corrected chi connectivity index (χ4v) is 6.82. The highest BCUT2D eigenvalue weighted by Crippen LogP contribution is 2.60. The Morgan fingerprint density at radius 1 is 1.06 bits per heavy atom. The Morgan fingerprint density at radius 3 is 2.32 bits per heavy atom. The Morgan fingerprint density at radius 2 is 1.71 bits per heavy atom. The lowest BCUT2D eigenvalue weighted by atomic mass is 9.49. The Labute approximate surface area is 198 Å². The van der Waals surface area contributed by atoms with Crippen LogP contribution in [0.15, 0.2) is 48.5 Å². The first-order valence-electron chi connectivity index (χ1n) is 12.3. The maximum atomic E-state index is 14.5. The summed E-state index contributed by atoms with van der Waals surface area (Å²) in [6.07, 6.45) is 7.05. The van der Waals surface area contributed by atoms with Crippen LogP contribution in [0.4, 0.5) is 10.1 Å². The van der Waals surface area contributed by atoms with E-state index >= 15 is 0 Å². The quantitative estimate of drug-likeness (QED) is 0.518. The van der Waals surface area contributed by atoms with Crippen molar-refractivity contribution in [1.82, 2.24) is 14.8 Å². The van der Waals surface area contributed by atoms with Gasteiger partial charge in [-0.15, -0.1) is 5.10 Å². The molecule has 7 heteroatoms. The van der Waals surface area contributed by atoms with Gasteiger partial charge in [-0.2, -0.15) is 4.98 Å². The smallest absolute Gasteiger partial charge is 0.336 e. The van der Waals surface area contributed by atoms with Crippen LogP contribution >= 0.6 is 0 Å². The number of aromatic nitrogens is 3. The standard InChI is InChI=1S/C27H29FN4O2/c1-2-34-26-30-24(22-5-3-4-6-23(22)28)32(31-26)21-9-7-20(8-10-21)29-25(33)27-14-17-11-18(15-27)13-19(12-17)16-27/h3-10,17-19H,2,11-16H2,1H3,(H,29,33). The van der Waals surface area contributed by atoms with Gasteiger partial charge in [-0.05, 0) is 99.6 Å². The van der Waals surface area contributed by atoms with Crippen LogP contribution in [-0.4, -0.2) is 27.3 Å². The van der Waals surface area contributed by atoms with Gasteiger partial charge in [0.25, 0.3) is 0 Å². The van der Waals surface area contributed by atoms with E-state index in [1.165, 1.54) is 25.3 Å². The number of rotatable bonds is 6. The van der Waals surface area contributed by atoms with Crippen molar-refractivity contribution in [3.63, 3.8) is 0 Å². The molecule has 1 heterocycles. The van der Waals surface area contributed by atoms with Gasteiger partial charge in [-0.3, -0.25) is 4.79 Å². The molecular weight excluding hydrogens is 431 g/mol. The minimum Gasteiger partial charge on any atom is -0.463 e. The van der Waals surface area contributed by atoms with E-state index in [0.717, 1.165) is 42.7 Å². The number of halogens is 1. The third-order valence-corrected chi connectivity index (χ3v) is 7.87. The minimum absolute atomic E-state index is 0.172. The Kier molecular flexibility index (Phi) is 5.15. The van der Waals surface area contributed by atoms with Gasteiger partial charge in [0.2, 0.25) is 5.91 Å². The SMILES string of the molecule is CCOc1nc(-c2ccccc2F)n(-c2ccc(NC(=O)C34CC5CC(CC(C5)C3)C4)cc2)n1. The van der Waals surface area contributed by atoms with E-state index in [2.05, 4.69) is 15.4 Å². The van der Waals surface area contributed by atoms with Gasteiger partial charge in [-0.25, -0.2) is 9.07 Å². The Hall–Kier alpha value is -3.22. The van der Waals surface area contributed by atoms with Crippen LogP contribution in [-0.2, 0) is 4.79 Å². The molecule has 34 heavy (non-hydrogen) atoms. The van der Waals surface area contributed by atoms with E-state index < -0.39 is 0 Å². The number of nitrogens with one attached hydrogen (secondary N) is 1. The van der Waals surface area contributed by atoms with Crippen molar-refractivity contribution in [2.45, 2.75) is 45.4 Å². The molecule has 0 unspecified atom stereocenters. The number of benzene rings is 2. The average molecular weight is 461 g/mol. The maximum Gasteiger partial charge on any atom is 0.336 e. The molecule has 1 N–H and O–H groups in total. The lowest BCUT2D eigenvalue weighted by Gasteiger charge is -2.55. The highest BCUT2D eigenvalue weighted by molar-refractivity contribution is 5.95. The van der Waals surface area contributed by atoms with Gasteiger partial charge in [0.05, 0.1) is 23.3 Å². The number of carbonyl (C=O) groups excluding carboxylic acids is 1. The number of amides is 1. The molecule has 4 saturated carbocycles. The molecule has 0 atom stereocenters. The minimum atomic E-state index is -0.376. The van der Waals surface area contributed by atoms with Crippen LogP contribution in [0, 0.1) is 29.0 Å². The van der Waals surface area contributed by atoms with Crippen LogP contribution in [0.1, 0.15) is 45.4 Å². The number of hydrogen-bond donors (Lipinski definition) is 1. The van der Waals surface area contributed by atoms with Crippen molar-refractivity contribution in [2.24, 2.45) is 23.2 Å². The number of hydrogen-bond acceptors (Lipinski definition) is 4. The van der Waals surface area contributed by atoms with E-state index in [1.807, 2.05) is 31.2 Å². The highest BCUT2D eigenvalue weighted by atomic mass is 19.1. The molecule has 4 bridgehead atoms. The summed E-state index contributed by atoms with van der Waals surface area (Å²) >= 11 is 0. The van der Waals surface area contributed by atoms with Gasteiger partial charge < -0.3 is 10.1 Å². The third-order valence-electron chi connectivity index (χ3n) is 7.87. The molecule has 0 saturated heterocycles. The monoisotopic (exact) mass is 460 g/mol. The van der Waals surface area contributed by atoms with E-state index in [0.29, 0.717) is 23.7 Å². The van der Waals surface area contributed by atoms with E-state index in [4.69, 9.17) is 4.74 Å². The molecule has 1 aromatic heterocycles. The van der Waals surface area contributed by atoms with Gasteiger partial charge >= 0.3 is 6.01 Å². The molecule has 176 valence electrons. The summed E-state index contributed by atoms with van der Waals surface area (Å²) in [5.74, 6) is 2.34. The van der Waals surface area contributed by atoms with Gasteiger partial charge in [0.15, 0.2) is 5.82 Å². The highest BCUT2D eigenvalue weighted by Gasteiger charge is 2.54. The van der Waals surface area contributed by atoms with Crippen molar-refractivity contribution in [3.8, 4) is 23.1 Å². The summed E-state index contributed by atoms with van der Waals surface area (Å²) in [6, 6.07) is 14.2. The second-order valence-corrected chi connectivity index (χ2v) is 10.2. The molecule has 3 aromatic rings. The first-order valence-corrected chi connectivity index (χ1v) is 12.3. The molecular formula is C27H29FN4O2. The first-order chi connectivity index (χ1) is 16.5. The molecule has 4 aliphatic carbocycles. The Bertz CT molecular complexity index is 1180. The molecule has 2 aromatic carbocycles. The summed E-state index contributed by atoms with van der Waals surface area (Å²) in [5.41, 5.74) is 1.63. The van der Waals surface area contributed by atoms with E-state index in [1.54, 1.807) is 22.9 Å². The van der Waals surface area contributed by atoms with E-state index in [-0.39, 0.29) is 23.1 Å². The molecule has 0 radical (unpaired) electrons. The van der Waals surface area contributed by atoms with Crippen LogP contribution in [0.5, 0.6) is 6.01 Å². The Balaban J connectivity index is 1.25. The zero-order valence-electron chi connectivity index (χ0n) is 19.3. The van der Waals surface area contributed by atoms with Crippen LogP contribution < -0.4 is 10.1 Å². The number of nitrogens with zero attached hydrogens (tertiary/aromatic N) is 3. The van der Waals surface area contributed by atoms with Crippen LogP contribution in [0.2, 0.25) is 0 Å². The zero-order valence-corrected chi connectivity index (χ0v) is 19.3. The topological polar surface area (TPSA) is 69.0 Å². The maximum absolute atomic E-state index is 14.5. The summed E-state index contributed by atoms with van der Waals surface area (Å²) in [7, 11) is 0. The summed E-state index contributed by atoms with van der Waals surface area (Å²) in [6.45, 7) is 2.26. The second-order valence-electron chi connectivity index (χ2n) is 10.2. The van der Waals surface area contributed by atoms with Crippen molar-refractivity contribution >= 4 is 11.6 Å².